The molecule has 0 spiro atoms. The van der Waals surface area contributed by atoms with E-state index in [4.69, 9.17) is 0 Å². The van der Waals surface area contributed by atoms with Crippen molar-refractivity contribution in [1.82, 2.24) is 14.9 Å². The SMILES string of the molecule is CC(C)NC(=O)c1ccc(S(=O)(=O)NCCN(C)C)cc1. The van der Waals surface area contributed by atoms with Gasteiger partial charge in [-0.05, 0) is 52.2 Å². The van der Waals surface area contributed by atoms with Gasteiger partial charge >= 0.3 is 0 Å². The quantitative estimate of drug-likeness (QED) is 0.775. The fraction of sp³-hybridized carbons (Fsp3) is 0.500. The van der Waals surface area contributed by atoms with Crippen LogP contribution in [0.1, 0.15) is 24.2 Å². The van der Waals surface area contributed by atoms with E-state index < -0.39 is 10.0 Å². The molecule has 0 aromatic heterocycles. The lowest BCUT2D eigenvalue weighted by Crippen LogP contribution is -2.31. The van der Waals surface area contributed by atoms with Crippen molar-refractivity contribution in [3.05, 3.63) is 29.8 Å². The molecule has 0 bridgehead atoms. The molecule has 1 aromatic rings. The molecule has 7 heteroatoms. The number of nitrogens with zero attached hydrogens (tertiary/aromatic N) is 1. The molecule has 0 heterocycles. The summed E-state index contributed by atoms with van der Waals surface area (Å²) in [5, 5.41) is 2.75. The highest BCUT2D eigenvalue weighted by molar-refractivity contribution is 7.89. The lowest BCUT2D eigenvalue weighted by Gasteiger charge is -2.11. The first-order chi connectivity index (χ1) is 9.72. The van der Waals surface area contributed by atoms with Crippen molar-refractivity contribution in [3.8, 4) is 0 Å². The van der Waals surface area contributed by atoms with Gasteiger partial charge in [0.2, 0.25) is 10.0 Å². The van der Waals surface area contributed by atoms with Crippen LogP contribution in [0.2, 0.25) is 0 Å². The summed E-state index contributed by atoms with van der Waals surface area (Å²) >= 11 is 0. The summed E-state index contributed by atoms with van der Waals surface area (Å²) in [5.74, 6) is -0.213. The second-order valence-electron chi connectivity index (χ2n) is 5.35. The predicted octanol–water partition coefficient (Wildman–Crippen LogP) is 0.665. The lowest BCUT2D eigenvalue weighted by molar-refractivity contribution is 0.0943. The minimum absolute atomic E-state index is 0.0357. The zero-order chi connectivity index (χ0) is 16.0. The Bertz CT molecular complexity index is 566. The minimum atomic E-state index is -3.53. The van der Waals surface area contributed by atoms with Gasteiger partial charge in [0.1, 0.15) is 0 Å². The number of benzene rings is 1. The first-order valence-electron chi connectivity index (χ1n) is 6.77. The van der Waals surface area contributed by atoms with Gasteiger partial charge in [-0.15, -0.1) is 0 Å². The van der Waals surface area contributed by atoms with Crippen LogP contribution in [-0.4, -0.2) is 52.5 Å². The van der Waals surface area contributed by atoms with E-state index in [0.717, 1.165) is 0 Å². The topological polar surface area (TPSA) is 78.5 Å². The maximum Gasteiger partial charge on any atom is 0.251 e. The van der Waals surface area contributed by atoms with E-state index in [2.05, 4.69) is 10.0 Å². The first kappa shape index (κ1) is 17.6. The molecule has 21 heavy (non-hydrogen) atoms. The van der Waals surface area contributed by atoms with Gasteiger partial charge in [0.15, 0.2) is 0 Å². The molecular formula is C14H23N3O3S. The summed E-state index contributed by atoms with van der Waals surface area (Å²) < 4.78 is 26.6. The maximum absolute atomic E-state index is 12.0. The second kappa shape index (κ2) is 7.53. The van der Waals surface area contributed by atoms with Crippen LogP contribution in [0.4, 0.5) is 0 Å². The predicted molar refractivity (Wildman–Crippen MR) is 82.8 cm³/mol. The summed E-state index contributed by atoms with van der Waals surface area (Å²) in [5.41, 5.74) is 0.441. The van der Waals surface area contributed by atoms with Crippen LogP contribution in [0.15, 0.2) is 29.2 Å². The van der Waals surface area contributed by atoms with Crippen LogP contribution >= 0.6 is 0 Å². The number of hydrogen-bond acceptors (Lipinski definition) is 4. The van der Waals surface area contributed by atoms with Gasteiger partial charge in [-0.2, -0.15) is 0 Å². The van der Waals surface area contributed by atoms with Gasteiger partial charge in [0.05, 0.1) is 4.90 Å². The Labute approximate surface area is 126 Å². The molecule has 0 aliphatic carbocycles. The summed E-state index contributed by atoms with van der Waals surface area (Å²) in [7, 11) is 0.213. The van der Waals surface area contributed by atoms with Crippen molar-refractivity contribution >= 4 is 15.9 Å². The Balaban J connectivity index is 2.74. The molecule has 118 valence electrons. The number of hydrogen-bond donors (Lipinski definition) is 2. The molecule has 1 rings (SSSR count). The largest absolute Gasteiger partial charge is 0.350 e. The molecule has 0 unspecified atom stereocenters. The van der Waals surface area contributed by atoms with Gasteiger partial charge in [-0.3, -0.25) is 4.79 Å². The molecule has 1 amide bonds. The first-order valence-corrected chi connectivity index (χ1v) is 8.26. The van der Waals surface area contributed by atoms with Crippen molar-refractivity contribution in [1.29, 1.82) is 0 Å². The van der Waals surface area contributed by atoms with Crippen molar-refractivity contribution in [2.75, 3.05) is 27.2 Å². The third kappa shape index (κ3) is 5.82. The molecule has 0 atom stereocenters. The standard InChI is InChI=1S/C14H23N3O3S/c1-11(2)16-14(18)12-5-7-13(8-6-12)21(19,20)15-9-10-17(3)4/h5-8,11,15H,9-10H2,1-4H3,(H,16,18). The number of amides is 1. The second-order valence-corrected chi connectivity index (χ2v) is 7.12. The molecule has 0 saturated heterocycles. The van der Waals surface area contributed by atoms with Crippen LogP contribution < -0.4 is 10.0 Å². The van der Waals surface area contributed by atoms with E-state index >= 15 is 0 Å². The Morgan fingerprint density at radius 2 is 1.76 bits per heavy atom. The number of nitrogens with one attached hydrogen (secondary N) is 2. The molecule has 6 nitrogen and oxygen atoms in total. The van der Waals surface area contributed by atoms with Crippen molar-refractivity contribution < 1.29 is 13.2 Å². The summed E-state index contributed by atoms with van der Waals surface area (Å²) in [6.07, 6.45) is 0. The van der Waals surface area contributed by atoms with Gasteiger partial charge in [0.25, 0.3) is 5.91 Å². The molecule has 2 N–H and O–H groups in total. The minimum Gasteiger partial charge on any atom is -0.350 e. The zero-order valence-electron chi connectivity index (χ0n) is 12.9. The molecular weight excluding hydrogens is 290 g/mol. The van der Waals surface area contributed by atoms with Crippen LogP contribution in [0.3, 0.4) is 0 Å². The average molecular weight is 313 g/mol. The number of sulfonamides is 1. The van der Waals surface area contributed by atoms with E-state index in [0.29, 0.717) is 18.7 Å². The van der Waals surface area contributed by atoms with E-state index in [1.54, 1.807) is 0 Å². The number of rotatable bonds is 7. The van der Waals surface area contributed by atoms with Crippen molar-refractivity contribution in [2.24, 2.45) is 0 Å². The molecule has 0 fully saturated rings. The Morgan fingerprint density at radius 1 is 1.19 bits per heavy atom. The normalized spacial score (nSPS) is 11.9. The summed E-state index contributed by atoms with van der Waals surface area (Å²) in [6, 6.07) is 5.94. The molecule has 0 aliphatic heterocycles. The van der Waals surface area contributed by atoms with Gasteiger partial charge in [-0.25, -0.2) is 13.1 Å². The molecule has 0 radical (unpaired) electrons. The number of likely N-dealkylation sites (N-methyl/N-ethyl adjacent to an activating group) is 1. The summed E-state index contributed by atoms with van der Waals surface area (Å²) in [4.78, 5) is 13.8. The van der Waals surface area contributed by atoms with Crippen LogP contribution in [0.25, 0.3) is 0 Å². The van der Waals surface area contributed by atoms with Gasteiger partial charge in [0, 0.05) is 24.7 Å². The molecule has 0 aliphatic rings. The third-order valence-corrected chi connectivity index (χ3v) is 4.17. The zero-order valence-corrected chi connectivity index (χ0v) is 13.7. The Morgan fingerprint density at radius 3 is 2.24 bits per heavy atom. The van der Waals surface area contributed by atoms with Crippen LogP contribution in [-0.2, 0) is 10.0 Å². The Kier molecular flexibility index (Phi) is 6.32. The maximum atomic E-state index is 12.0. The number of carbonyl (C=O) groups excluding carboxylic acids is 1. The smallest absolute Gasteiger partial charge is 0.251 e. The average Bonchev–Trinajstić information content (AvgIpc) is 2.37. The van der Waals surface area contributed by atoms with E-state index in [1.807, 2.05) is 32.8 Å². The monoisotopic (exact) mass is 313 g/mol. The third-order valence-electron chi connectivity index (χ3n) is 2.70. The van der Waals surface area contributed by atoms with E-state index in [9.17, 15) is 13.2 Å². The highest BCUT2D eigenvalue weighted by atomic mass is 32.2. The van der Waals surface area contributed by atoms with Gasteiger partial charge in [-0.1, -0.05) is 0 Å². The summed E-state index contributed by atoms with van der Waals surface area (Å²) in [6.45, 7) is 4.69. The number of carbonyl (C=O) groups is 1. The Hall–Kier alpha value is -1.44. The highest BCUT2D eigenvalue weighted by Crippen LogP contribution is 2.10. The van der Waals surface area contributed by atoms with Crippen molar-refractivity contribution in [2.45, 2.75) is 24.8 Å². The van der Waals surface area contributed by atoms with Gasteiger partial charge < -0.3 is 10.2 Å². The van der Waals surface area contributed by atoms with Crippen LogP contribution in [0.5, 0.6) is 0 Å². The van der Waals surface area contributed by atoms with Crippen LogP contribution in [0, 0.1) is 0 Å². The fourth-order valence-electron chi connectivity index (χ4n) is 1.62. The van der Waals surface area contributed by atoms with Crippen molar-refractivity contribution in [3.63, 3.8) is 0 Å². The molecule has 0 saturated carbocycles. The van der Waals surface area contributed by atoms with E-state index in [1.165, 1.54) is 24.3 Å². The fourth-order valence-corrected chi connectivity index (χ4v) is 2.64. The lowest BCUT2D eigenvalue weighted by atomic mass is 10.2. The molecule has 1 aromatic carbocycles. The van der Waals surface area contributed by atoms with E-state index in [-0.39, 0.29) is 16.8 Å². The highest BCUT2D eigenvalue weighted by Gasteiger charge is 2.14.